The van der Waals surface area contributed by atoms with Crippen molar-refractivity contribution in [2.24, 2.45) is 0 Å². The largest absolute Gasteiger partial charge is 0.495 e. The first-order valence-corrected chi connectivity index (χ1v) is 6.53. The molecule has 0 spiro atoms. The lowest BCUT2D eigenvalue weighted by Gasteiger charge is -2.12. The van der Waals surface area contributed by atoms with Gasteiger partial charge in [0.25, 0.3) is 0 Å². The van der Waals surface area contributed by atoms with Gasteiger partial charge >= 0.3 is 6.03 Å². The fraction of sp³-hybridized carbons (Fsp3) is 0.188. The van der Waals surface area contributed by atoms with E-state index < -0.39 is 0 Å². The van der Waals surface area contributed by atoms with E-state index in [-0.39, 0.29) is 6.03 Å². The third-order valence-corrected chi connectivity index (χ3v) is 2.95. The number of methoxy groups -OCH3 is 1. The number of aryl methyl sites for hydroxylation is 1. The first kappa shape index (κ1) is 13.9. The predicted octanol–water partition coefficient (Wildman–Crippen LogP) is 3.90. The van der Waals surface area contributed by atoms with Gasteiger partial charge in [0, 0.05) is 5.69 Å². The number of rotatable bonds is 4. The number of carbonyl (C=O) groups excluding carboxylic acids is 1. The summed E-state index contributed by atoms with van der Waals surface area (Å²) < 4.78 is 5.30. The lowest BCUT2D eigenvalue weighted by Crippen LogP contribution is -2.19. The number of hydrogen-bond donors (Lipinski definition) is 2. The molecule has 0 atom stereocenters. The Morgan fingerprint density at radius 2 is 1.85 bits per heavy atom. The highest BCUT2D eigenvalue weighted by molar-refractivity contribution is 6.00. The van der Waals surface area contributed by atoms with Crippen molar-refractivity contribution in [2.75, 3.05) is 17.7 Å². The molecule has 0 fully saturated rings. The van der Waals surface area contributed by atoms with Crippen LogP contribution in [-0.2, 0) is 6.42 Å². The maximum Gasteiger partial charge on any atom is 0.323 e. The number of benzene rings is 2. The minimum absolute atomic E-state index is 0.293. The molecule has 2 amide bonds. The Morgan fingerprint density at radius 3 is 2.50 bits per heavy atom. The molecular formula is C16H18N2O2. The van der Waals surface area contributed by atoms with Crippen LogP contribution >= 0.6 is 0 Å². The topological polar surface area (TPSA) is 50.4 Å². The average Bonchev–Trinajstić information content (AvgIpc) is 2.48. The Morgan fingerprint density at radius 1 is 1.10 bits per heavy atom. The van der Waals surface area contributed by atoms with E-state index in [0.29, 0.717) is 11.4 Å². The molecule has 0 saturated carbocycles. The van der Waals surface area contributed by atoms with Crippen molar-refractivity contribution < 1.29 is 9.53 Å². The number of urea groups is 1. The molecule has 4 nitrogen and oxygen atoms in total. The van der Waals surface area contributed by atoms with E-state index in [4.69, 9.17) is 4.74 Å². The third-order valence-electron chi connectivity index (χ3n) is 2.95. The van der Waals surface area contributed by atoms with Gasteiger partial charge in [-0.15, -0.1) is 0 Å². The summed E-state index contributed by atoms with van der Waals surface area (Å²) in [5, 5.41) is 5.55. The molecule has 104 valence electrons. The van der Waals surface area contributed by atoms with Crippen molar-refractivity contribution in [1.29, 1.82) is 0 Å². The number of para-hydroxylation sites is 1. The Bertz CT molecular complexity index is 582. The van der Waals surface area contributed by atoms with Crippen LogP contribution < -0.4 is 15.4 Å². The van der Waals surface area contributed by atoms with E-state index in [0.717, 1.165) is 17.7 Å². The minimum Gasteiger partial charge on any atom is -0.495 e. The lowest BCUT2D eigenvalue weighted by molar-refractivity contribution is 0.262. The molecule has 0 aliphatic heterocycles. The van der Waals surface area contributed by atoms with Crippen LogP contribution in [0.2, 0.25) is 0 Å². The van der Waals surface area contributed by atoms with Crippen LogP contribution in [0.4, 0.5) is 16.2 Å². The Balaban J connectivity index is 2.07. The smallest absolute Gasteiger partial charge is 0.323 e. The summed E-state index contributed by atoms with van der Waals surface area (Å²) in [6.45, 7) is 2.07. The van der Waals surface area contributed by atoms with Crippen LogP contribution in [0.5, 0.6) is 5.75 Å². The summed E-state index contributed by atoms with van der Waals surface area (Å²) in [7, 11) is 1.59. The normalized spacial score (nSPS) is 9.90. The van der Waals surface area contributed by atoms with Crippen LogP contribution in [-0.4, -0.2) is 13.1 Å². The van der Waals surface area contributed by atoms with E-state index >= 15 is 0 Å². The second-order valence-electron chi connectivity index (χ2n) is 4.33. The van der Waals surface area contributed by atoms with E-state index in [2.05, 4.69) is 17.6 Å². The molecule has 0 saturated heterocycles. The fourth-order valence-electron chi connectivity index (χ4n) is 1.86. The summed E-state index contributed by atoms with van der Waals surface area (Å²) in [4.78, 5) is 11.9. The van der Waals surface area contributed by atoms with Crippen LogP contribution in [0.1, 0.15) is 12.5 Å². The minimum atomic E-state index is -0.293. The van der Waals surface area contributed by atoms with Crippen LogP contribution in [0.25, 0.3) is 0 Å². The van der Waals surface area contributed by atoms with E-state index in [1.165, 1.54) is 0 Å². The van der Waals surface area contributed by atoms with Gasteiger partial charge in [-0.25, -0.2) is 4.79 Å². The van der Waals surface area contributed by atoms with E-state index in [1.807, 2.05) is 48.5 Å². The van der Waals surface area contributed by atoms with Gasteiger partial charge in [-0.3, -0.25) is 0 Å². The quantitative estimate of drug-likeness (QED) is 0.885. The lowest BCUT2D eigenvalue weighted by atomic mass is 10.1. The van der Waals surface area contributed by atoms with E-state index in [9.17, 15) is 4.79 Å². The Kier molecular flexibility index (Phi) is 4.60. The molecule has 2 rings (SSSR count). The Hall–Kier alpha value is -2.49. The number of ether oxygens (including phenoxy) is 1. The monoisotopic (exact) mass is 270 g/mol. The molecule has 4 heteroatoms. The highest BCUT2D eigenvalue weighted by atomic mass is 16.5. The summed E-state index contributed by atoms with van der Waals surface area (Å²) >= 11 is 0. The van der Waals surface area contributed by atoms with Gasteiger partial charge in [-0.2, -0.15) is 0 Å². The maximum absolute atomic E-state index is 11.9. The summed E-state index contributed by atoms with van der Waals surface area (Å²) in [6, 6.07) is 14.8. The summed E-state index contributed by atoms with van der Waals surface area (Å²) in [5.41, 5.74) is 2.56. The van der Waals surface area contributed by atoms with Gasteiger partial charge in [0.15, 0.2) is 0 Å². The van der Waals surface area contributed by atoms with Gasteiger partial charge in [-0.1, -0.05) is 31.2 Å². The molecular weight excluding hydrogens is 252 g/mol. The number of nitrogens with one attached hydrogen (secondary N) is 2. The zero-order valence-electron chi connectivity index (χ0n) is 11.6. The van der Waals surface area contributed by atoms with Gasteiger partial charge in [0.2, 0.25) is 0 Å². The van der Waals surface area contributed by atoms with Gasteiger partial charge in [0.05, 0.1) is 12.8 Å². The standard InChI is InChI=1S/C16H18N2O2/c1-3-12-9-10-14(15(11-12)20-2)18-16(19)17-13-7-5-4-6-8-13/h4-11H,3H2,1-2H3,(H2,17,18,19). The third kappa shape index (κ3) is 3.51. The molecule has 2 aromatic rings. The number of amides is 2. The van der Waals surface area contributed by atoms with Crippen LogP contribution in [0.15, 0.2) is 48.5 Å². The number of anilines is 2. The highest BCUT2D eigenvalue weighted by Gasteiger charge is 2.08. The number of hydrogen-bond acceptors (Lipinski definition) is 2. The van der Waals surface area contributed by atoms with Gasteiger partial charge in [0.1, 0.15) is 5.75 Å². The molecule has 0 aliphatic rings. The molecule has 0 radical (unpaired) electrons. The van der Waals surface area contributed by atoms with Crippen molar-refractivity contribution in [3.05, 3.63) is 54.1 Å². The van der Waals surface area contributed by atoms with Crippen molar-refractivity contribution in [2.45, 2.75) is 13.3 Å². The molecule has 0 heterocycles. The Labute approximate surface area is 118 Å². The number of carbonyl (C=O) groups is 1. The first-order chi connectivity index (χ1) is 9.72. The maximum atomic E-state index is 11.9. The predicted molar refractivity (Wildman–Crippen MR) is 81.5 cm³/mol. The molecule has 20 heavy (non-hydrogen) atoms. The first-order valence-electron chi connectivity index (χ1n) is 6.53. The van der Waals surface area contributed by atoms with E-state index in [1.54, 1.807) is 7.11 Å². The van der Waals surface area contributed by atoms with Crippen molar-refractivity contribution in [3.63, 3.8) is 0 Å². The average molecular weight is 270 g/mol. The molecule has 0 aliphatic carbocycles. The van der Waals surface area contributed by atoms with Crippen molar-refractivity contribution >= 4 is 17.4 Å². The zero-order chi connectivity index (χ0) is 14.4. The molecule has 0 bridgehead atoms. The molecule has 2 N–H and O–H groups in total. The highest BCUT2D eigenvalue weighted by Crippen LogP contribution is 2.26. The SMILES string of the molecule is CCc1ccc(NC(=O)Nc2ccccc2)c(OC)c1. The fourth-order valence-corrected chi connectivity index (χ4v) is 1.86. The summed E-state index contributed by atoms with van der Waals surface area (Å²) in [5.74, 6) is 0.660. The van der Waals surface area contributed by atoms with Crippen molar-refractivity contribution in [3.8, 4) is 5.75 Å². The molecule has 2 aromatic carbocycles. The van der Waals surface area contributed by atoms with Gasteiger partial charge in [-0.05, 0) is 36.2 Å². The second kappa shape index (κ2) is 6.61. The van der Waals surface area contributed by atoms with Crippen molar-refractivity contribution in [1.82, 2.24) is 0 Å². The summed E-state index contributed by atoms with van der Waals surface area (Å²) in [6.07, 6.45) is 0.923. The second-order valence-corrected chi connectivity index (χ2v) is 4.33. The van der Waals surface area contributed by atoms with Crippen LogP contribution in [0, 0.1) is 0 Å². The van der Waals surface area contributed by atoms with Gasteiger partial charge < -0.3 is 15.4 Å². The molecule has 0 aromatic heterocycles. The van der Waals surface area contributed by atoms with Crippen LogP contribution in [0.3, 0.4) is 0 Å². The zero-order valence-corrected chi connectivity index (χ0v) is 11.6. The molecule has 0 unspecified atom stereocenters.